The van der Waals surface area contributed by atoms with E-state index in [4.69, 9.17) is 9.15 Å². The Bertz CT molecular complexity index is 1060. The fourth-order valence-electron chi connectivity index (χ4n) is 2.51. The van der Waals surface area contributed by atoms with Gasteiger partial charge in [0.1, 0.15) is 0 Å². The Morgan fingerprint density at radius 1 is 1.40 bits per heavy atom. The number of benzene rings is 1. The third kappa shape index (κ3) is 3.15. The van der Waals surface area contributed by atoms with E-state index in [0.717, 1.165) is 0 Å². The second-order valence-electron chi connectivity index (χ2n) is 5.30. The number of nitrogens with zero attached hydrogens (tertiary/aromatic N) is 3. The molecule has 2 heterocycles. The van der Waals surface area contributed by atoms with Crippen LogP contribution in [0.4, 0.5) is 0 Å². The highest BCUT2D eigenvalue weighted by Gasteiger charge is 2.24. The molecule has 0 aliphatic heterocycles. The van der Waals surface area contributed by atoms with E-state index in [0.29, 0.717) is 23.9 Å². The number of rotatable bonds is 6. The summed E-state index contributed by atoms with van der Waals surface area (Å²) in [7, 11) is -2.39. The van der Waals surface area contributed by atoms with E-state index >= 15 is 0 Å². The lowest BCUT2D eigenvalue weighted by Crippen LogP contribution is -2.29. The van der Waals surface area contributed by atoms with E-state index in [1.165, 1.54) is 25.3 Å². The van der Waals surface area contributed by atoms with E-state index in [2.05, 4.69) is 19.9 Å². The molecule has 10 nitrogen and oxygen atoms in total. The normalized spacial score (nSPS) is 13.2. The fourth-order valence-corrected chi connectivity index (χ4v) is 3.73. The van der Waals surface area contributed by atoms with Crippen LogP contribution < -0.4 is 15.2 Å². The lowest BCUT2D eigenvalue weighted by molar-refractivity contribution is 0.354. The van der Waals surface area contributed by atoms with Crippen LogP contribution in [0.3, 0.4) is 0 Å². The van der Waals surface area contributed by atoms with E-state index < -0.39 is 21.8 Å². The second kappa shape index (κ2) is 6.33. The van der Waals surface area contributed by atoms with E-state index in [-0.39, 0.29) is 10.5 Å². The molecule has 25 heavy (non-hydrogen) atoms. The molecule has 2 N–H and O–H groups in total. The quantitative estimate of drug-likeness (QED) is 0.658. The Labute approximate surface area is 142 Å². The molecule has 0 spiro atoms. The van der Waals surface area contributed by atoms with Gasteiger partial charge in [0.2, 0.25) is 10.0 Å². The van der Waals surface area contributed by atoms with Gasteiger partial charge in [-0.05, 0) is 26.0 Å². The smallest absolute Gasteiger partial charge is 0.417 e. The zero-order valence-corrected chi connectivity index (χ0v) is 14.6. The van der Waals surface area contributed by atoms with Crippen LogP contribution in [-0.2, 0) is 16.6 Å². The van der Waals surface area contributed by atoms with Crippen molar-refractivity contribution in [2.45, 2.75) is 31.3 Å². The van der Waals surface area contributed by atoms with Crippen molar-refractivity contribution in [3.63, 3.8) is 0 Å². The van der Waals surface area contributed by atoms with Gasteiger partial charge < -0.3 is 9.15 Å². The molecule has 0 aliphatic rings. The number of oxazole rings is 1. The number of hydrogen-bond acceptors (Lipinski definition) is 7. The molecule has 1 aromatic carbocycles. The van der Waals surface area contributed by atoms with Crippen molar-refractivity contribution in [3.8, 4) is 6.01 Å². The van der Waals surface area contributed by atoms with Gasteiger partial charge in [-0.25, -0.2) is 17.9 Å². The number of ether oxygens (including phenoxy) is 1. The maximum Gasteiger partial charge on any atom is 0.417 e. The van der Waals surface area contributed by atoms with Gasteiger partial charge in [-0.3, -0.25) is 9.55 Å². The summed E-state index contributed by atoms with van der Waals surface area (Å²) >= 11 is 0. The molecule has 11 heteroatoms. The second-order valence-corrected chi connectivity index (χ2v) is 7.02. The summed E-state index contributed by atoms with van der Waals surface area (Å²) < 4.78 is 39.4. The van der Waals surface area contributed by atoms with Crippen LogP contribution in [0.1, 0.15) is 25.7 Å². The van der Waals surface area contributed by atoms with Crippen LogP contribution in [0.2, 0.25) is 0 Å². The molecule has 0 radical (unpaired) electrons. The van der Waals surface area contributed by atoms with Crippen LogP contribution in [0, 0.1) is 0 Å². The number of sulfonamides is 1. The Morgan fingerprint density at radius 3 is 2.84 bits per heavy atom. The van der Waals surface area contributed by atoms with Crippen LogP contribution in [-0.4, -0.2) is 35.3 Å². The number of aromatic amines is 1. The van der Waals surface area contributed by atoms with Gasteiger partial charge in [0.15, 0.2) is 11.4 Å². The summed E-state index contributed by atoms with van der Waals surface area (Å²) in [6, 6.07) is 3.80. The molecule has 1 atom stereocenters. The van der Waals surface area contributed by atoms with Gasteiger partial charge in [-0.15, -0.1) is 5.10 Å². The molecule has 0 saturated carbocycles. The number of fused-ring (bicyclic) bond motifs is 1. The van der Waals surface area contributed by atoms with E-state index in [1.54, 1.807) is 11.5 Å². The minimum absolute atomic E-state index is 0.0240. The lowest BCUT2D eigenvalue weighted by Gasteiger charge is -2.15. The summed E-state index contributed by atoms with van der Waals surface area (Å²) in [5, 5.41) is 7.86. The monoisotopic (exact) mass is 367 g/mol. The minimum atomic E-state index is -3.86. The molecular formula is C14H17N5O5S. The minimum Gasteiger partial charge on any atom is -0.467 e. The van der Waals surface area contributed by atoms with Crippen molar-refractivity contribution in [3.05, 3.63) is 34.6 Å². The molecule has 0 fully saturated rings. The third-order valence-corrected chi connectivity index (χ3v) is 5.20. The lowest BCUT2D eigenvalue weighted by atomic mass is 10.3. The van der Waals surface area contributed by atoms with Gasteiger partial charge in [0.25, 0.3) is 0 Å². The highest BCUT2D eigenvalue weighted by atomic mass is 32.2. The first kappa shape index (κ1) is 17.2. The average molecular weight is 367 g/mol. The molecule has 2 aromatic heterocycles. The first-order valence-corrected chi connectivity index (χ1v) is 8.96. The van der Waals surface area contributed by atoms with Crippen molar-refractivity contribution in [2.75, 3.05) is 7.11 Å². The maximum atomic E-state index is 12.6. The summed E-state index contributed by atoms with van der Waals surface area (Å²) in [5.41, 5.74) is 0.589. The van der Waals surface area contributed by atoms with E-state index in [1.807, 2.05) is 6.92 Å². The maximum absolute atomic E-state index is 12.6. The predicted octanol–water partition coefficient (Wildman–Crippen LogP) is 0.781. The van der Waals surface area contributed by atoms with Gasteiger partial charge in [0.05, 0.1) is 23.6 Å². The standard InChI is InChI=1S/C14H17N5O5S/c1-4-19-12(16-17-13(19)23-3)8(2)18-25(21,22)9-5-6-10-11(7-9)24-14(20)15-10/h5-8,18H,4H2,1-3H3,(H,15,20)/t8-/m1/s1. The highest BCUT2D eigenvalue weighted by Crippen LogP contribution is 2.21. The van der Waals surface area contributed by atoms with Crippen LogP contribution in [0.5, 0.6) is 6.01 Å². The van der Waals surface area contributed by atoms with Crippen molar-refractivity contribution < 1.29 is 17.6 Å². The first-order valence-electron chi connectivity index (χ1n) is 7.48. The number of aromatic nitrogens is 4. The SMILES string of the molecule is CCn1c(OC)nnc1[C@@H](C)NS(=O)(=O)c1ccc2[nH]c(=O)oc2c1. The van der Waals surface area contributed by atoms with Crippen molar-refractivity contribution in [1.29, 1.82) is 0 Å². The van der Waals surface area contributed by atoms with Gasteiger partial charge in [0, 0.05) is 12.6 Å². The van der Waals surface area contributed by atoms with Crippen LogP contribution >= 0.6 is 0 Å². The summed E-state index contributed by atoms with van der Waals surface area (Å²) in [5.74, 6) is -0.216. The number of H-pyrrole nitrogens is 1. The highest BCUT2D eigenvalue weighted by molar-refractivity contribution is 7.89. The summed E-state index contributed by atoms with van der Waals surface area (Å²) in [6.07, 6.45) is 0. The zero-order chi connectivity index (χ0) is 18.2. The third-order valence-electron chi connectivity index (χ3n) is 3.67. The summed E-state index contributed by atoms with van der Waals surface area (Å²) in [4.78, 5) is 13.6. The fraction of sp³-hybridized carbons (Fsp3) is 0.357. The molecule has 0 amide bonds. The number of methoxy groups -OCH3 is 1. The Morgan fingerprint density at radius 2 is 2.16 bits per heavy atom. The summed E-state index contributed by atoms with van der Waals surface area (Å²) in [6.45, 7) is 4.05. The van der Waals surface area contributed by atoms with Gasteiger partial charge in [-0.1, -0.05) is 5.10 Å². The average Bonchev–Trinajstić information content (AvgIpc) is 3.14. The topological polar surface area (TPSA) is 132 Å². The van der Waals surface area contributed by atoms with Crippen molar-refractivity contribution in [1.82, 2.24) is 24.5 Å². The Hall–Kier alpha value is -2.66. The number of nitrogens with one attached hydrogen (secondary N) is 2. The first-order chi connectivity index (χ1) is 11.9. The molecule has 0 unspecified atom stereocenters. The zero-order valence-electron chi connectivity index (χ0n) is 13.8. The molecule has 3 aromatic rings. The molecular weight excluding hydrogens is 350 g/mol. The largest absolute Gasteiger partial charge is 0.467 e. The van der Waals surface area contributed by atoms with Gasteiger partial charge in [-0.2, -0.15) is 0 Å². The Kier molecular flexibility index (Phi) is 4.35. The molecule has 3 rings (SSSR count). The van der Waals surface area contributed by atoms with Crippen molar-refractivity contribution >= 4 is 21.1 Å². The van der Waals surface area contributed by atoms with Crippen LogP contribution in [0.25, 0.3) is 11.1 Å². The molecule has 0 bridgehead atoms. The van der Waals surface area contributed by atoms with E-state index in [9.17, 15) is 13.2 Å². The number of hydrogen-bond donors (Lipinski definition) is 2. The van der Waals surface area contributed by atoms with Gasteiger partial charge >= 0.3 is 11.8 Å². The molecule has 0 aliphatic carbocycles. The molecule has 0 saturated heterocycles. The van der Waals surface area contributed by atoms with Crippen LogP contribution in [0.15, 0.2) is 32.3 Å². The Balaban J connectivity index is 1.91. The van der Waals surface area contributed by atoms with Crippen molar-refractivity contribution in [2.24, 2.45) is 0 Å². The predicted molar refractivity (Wildman–Crippen MR) is 87.8 cm³/mol. The molecule has 134 valence electrons.